The summed E-state index contributed by atoms with van der Waals surface area (Å²) in [6, 6.07) is 3.87. The Morgan fingerprint density at radius 2 is 2.25 bits per heavy atom. The number of nitrogens with one attached hydrogen (secondary N) is 1. The van der Waals surface area contributed by atoms with Crippen LogP contribution in [0.15, 0.2) is 22.0 Å². The van der Waals surface area contributed by atoms with E-state index in [0.717, 1.165) is 11.3 Å². The quantitative estimate of drug-likeness (QED) is 0.742. The first-order chi connectivity index (χ1) is 10.9. The number of hydrogen-bond donors (Lipinski definition) is 2. The van der Waals surface area contributed by atoms with Crippen LogP contribution in [0.5, 0.6) is 0 Å². The van der Waals surface area contributed by atoms with Crippen molar-refractivity contribution in [3.63, 3.8) is 0 Å². The number of rotatable bonds is 8. The van der Waals surface area contributed by atoms with Crippen LogP contribution in [0.4, 0.5) is 0 Å². The second-order valence-corrected chi connectivity index (χ2v) is 7.35. The molecule has 2 aromatic heterocycles. The summed E-state index contributed by atoms with van der Waals surface area (Å²) in [6.07, 6.45) is 1.57. The number of carbonyl (C=O) groups is 1. The van der Waals surface area contributed by atoms with E-state index in [2.05, 4.69) is 29.3 Å². The molecular weight excluding hydrogens is 348 g/mol. The Bertz CT molecular complexity index is 630. The molecule has 24 heavy (non-hydrogen) atoms. The maximum Gasteiger partial charge on any atom is 0.227 e. The van der Waals surface area contributed by atoms with Gasteiger partial charge in [-0.2, -0.15) is 4.98 Å². The van der Waals surface area contributed by atoms with Gasteiger partial charge in [0.2, 0.25) is 17.6 Å². The van der Waals surface area contributed by atoms with Gasteiger partial charge in [0.05, 0.1) is 4.88 Å². The van der Waals surface area contributed by atoms with E-state index in [0.29, 0.717) is 37.0 Å². The van der Waals surface area contributed by atoms with Crippen LogP contribution in [0.1, 0.15) is 39.5 Å². The molecule has 6 nitrogen and oxygen atoms in total. The molecule has 2 heterocycles. The second kappa shape index (κ2) is 9.15. The normalized spacial score (nSPS) is 13.4. The molecule has 0 radical (unpaired) electrons. The van der Waals surface area contributed by atoms with Gasteiger partial charge in [0.1, 0.15) is 0 Å². The summed E-state index contributed by atoms with van der Waals surface area (Å²) in [5.74, 6) is 1.46. The summed E-state index contributed by atoms with van der Waals surface area (Å²) in [6.45, 7) is 6.63. The minimum absolute atomic E-state index is 0. The third-order valence-electron chi connectivity index (χ3n) is 3.53. The van der Waals surface area contributed by atoms with E-state index in [-0.39, 0.29) is 23.9 Å². The first-order valence-electron chi connectivity index (χ1n) is 7.79. The molecule has 3 N–H and O–H groups in total. The van der Waals surface area contributed by atoms with Gasteiger partial charge in [-0.25, -0.2) is 0 Å². The number of carbonyl (C=O) groups excluding carboxylic acids is 1. The van der Waals surface area contributed by atoms with Crippen LogP contribution < -0.4 is 11.1 Å². The lowest BCUT2D eigenvalue weighted by Crippen LogP contribution is -2.52. The molecule has 2 aromatic rings. The lowest BCUT2D eigenvalue weighted by Gasteiger charge is -2.31. The second-order valence-electron chi connectivity index (χ2n) is 6.40. The highest BCUT2D eigenvalue weighted by Gasteiger charge is 2.25. The van der Waals surface area contributed by atoms with E-state index < -0.39 is 0 Å². The van der Waals surface area contributed by atoms with Gasteiger partial charge in [-0.15, -0.1) is 23.7 Å². The van der Waals surface area contributed by atoms with E-state index in [1.807, 2.05) is 24.4 Å². The van der Waals surface area contributed by atoms with Crippen molar-refractivity contribution in [1.29, 1.82) is 0 Å². The summed E-state index contributed by atoms with van der Waals surface area (Å²) in [5.41, 5.74) is 5.44. The van der Waals surface area contributed by atoms with Crippen LogP contribution in [-0.4, -0.2) is 28.1 Å². The molecular formula is C16H25ClN4O2S. The minimum atomic E-state index is -0.373. The highest BCUT2D eigenvalue weighted by molar-refractivity contribution is 7.13. The molecule has 134 valence electrons. The Balaban J connectivity index is 0.00000288. The number of hydrogen-bond acceptors (Lipinski definition) is 6. The molecule has 2 rings (SSSR count). The van der Waals surface area contributed by atoms with Crippen molar-refractivity contribution in [3.05, 3.63) is 23.4 Å². The van der Waals surface area contributed by atoms with Gasteiger partial charge in [-0.05, 0) is 30.7 Å². The summed E-state index contributed by atoms with van der Waals surface area (Å²) in [7, 11) is 0. The van der Waals surface area contributed by atoms with Gasteiger partial charge < -0.3 is 15.6 Å². The van der Waals surface area contributed by atoms with Gasteiger partial charge in [0, 0.05) is 24.9 Å². The number of aromatic nitrogens is 2. The standard InChI is InChI=1S/C16H24N4O2S.ClH/c1-11(2)9-16(3,10-17)19-13(21)6-7-14-18-15(20-22-14)12-5-4-8-23-12;/h4-5,8,11H,6-7,9-10,17H2,1-3H3,(H,19,21);1H. The van der Waals surface area contributed by atoms with Gasteiger partial charge in [0.15, 0.2) is 0 Å². The Morgan fingerprint density at radius 1 is 1.50 bits per heavy atom. The number of halogens is 1. The van der Waals surface area contributed by atoms with Crippen molar-refractivity contribution in [3.8, 4) is 10.7 Å². The monoisotopic (exact) mass is 372 g/mol. The molecule has 8 heteroatoms. The van der Waals surface area contributed by atoms with E-state index in [4.69, 9.17) is 10.3 Å². The first-order valence-corrected chi connectivity index (χ1v) is 8.67. The fraction of sp³-hybridized carbons (Fsp3) is 0.562. The molecule has 0 aliphatic carbocycles. The summed E-state index contributed by atoms with van der Waals surface area (Å²) >= 11 is 1.55. The van der Waals surface area contributed by atoms with Crippen molar-refractivity contribution >= 4 is 29.7 Å². The molecule has 0 saturated heterocycles. The summed E-state index contributed by atoms with van der Waals surface area (Å²) < 4.78 is 5.20. The van der Waals surface area contributed by atoms with Crippen molar-refractivity contribution < 1.29 is 9.32 Å². The van der Waals surface area contributed by atoms with E-state index >= 15 is 0 Å². The molecule has 0 spiro atoms. The smallest absolute Gasteiger partial charge is 0.227 e. The molecule has 0 aliphatic heterocycles. The fourth-order valence-electron chi connectivity index (χ4n) is 2.57. The van der Waals surface area contributed by atoms with E-state index in [1.165, 1.54) is 0 Å². The Hall–Kier alpha value is -1.44. The number of nitrogens with zero attached hydrogens (tertiary/aromatic N) is 2. The van der Waals surface area contributed by atoms with Crippen molar-refractivity contribution in [2.45, 2.75) is 45.6 Å². The topological polar surface area (TPSA) is 94.0 Å². The van der Waals surface area contributed by atoms with Gasteiger partial charge in [-0.1, -0.05) is 25.1 Å². The molecule has 0 aromatic carbocycles. The van der Waals surface area contributed by atoms with Crippen LogP contribution in [-0.2, 0) is 11.2 Å². The highest BCUT2D eigenvalue weighted by atomic mass is 35.5. The zero-order valence-electron chi connectivity index (χ0n) is 14.2. The third kappa shape index (κ3) is 5.89. The van der Waals surface area contributed by atoms with Crippen LogP contribution in [0, 0.1) is 5.92 Å². The lowest BCUT2D eigenvalue weighted by atomic mass is 9.90. The SMILES string of the molecule is CC(C)CC(C)(CN)NC(=O)CCc1nc(-c2cccs2)no1.Cl. The average molecular weight is 373 g/mol. The molecule has 0 saturated carbocycles. The molecule has 1 unspecified atom stereocenters. The Labute approximate surface area is 152 Å². The summed E-state index contributed by atoms with van der Waals surface area (Å²) in [4.78, 5) is 17.4. The van der Waals surface area contributed by atoms with Gasteiger partial charge in [-0.3, -0.25) is 4.79 Å². The number of nitrogens with two attached hydrogens (primary N) is 1. The Kier molecular flexibility index (Phi) is 7.86. The molecule has 1 atom stereocenters. The fourth-order valence-corrected chi connectivity index (χ4v) is 3.22. The first kappa shape index (κ1) is 20.6. The van der Waals surface area contributed by atoms with E-state index in [9.17, 15) is 4.79 Å². The molecule has 0 aliphatic rings. The zero-order valence-corrected chi connectivity index (χ0v) is 15.9. The number of amides is 1. The van der Waals surface area contributed by atoms with Crippen molar-refractivity contribution in [2.75, 3.05) is 6.54 Å². The number of thiophene rings is 1. The lowest BCUT2D eigenvalue weighted by molar-refractivity contribution is -0.123. The van der Waals surface area contributed by atoms with Crippen molar-refractivity contribution in [1.82, 2.24) is 15.5 Å². The van der Waals surface area contributed by atoms with Crippen LogP contribution >= 0.6 is 23.7 Å². The maximum atomic E-state index is 12.2. The van der Waals surface area contributed by atoms with Crippen LogP contribution in [0.3, 0.4) is 0 Å². The number of aryl methyl sites for hydroxylation is 1. The summed E-state index contributed by atoms with van der Waals surface area (Å²) in [5, 5.41) is 8.93. The Morgan fingerprint density at radius 3 is 2.83 bits per heavy atom. The molecule has 0 fully saturated rings. The maximum absolute atomic E-state index is 12.2. The molecule has 1 amide bonds. The molecule has 0 bridgehead atoms. The zero-order chi connectivity index (χ0) is 16.9. The van der Waals surface area contributed by atoms with Gasteiger partial charge >= 0.3 is 0 Å². The van der Waals surface area contributed by atoms with E-state index in [1.54, 1.807) is 11.3 Å². The van der Waals surface area contributed by atoms with Crippen LogP contribution in [0.25, 0.3) is 10.7 Å². The highest BCUT2D eigenvalue weighted by Crippen LogP contribution is 2.21. The predicted octanol–water partition coefficient (Wildman–Crippen LogP) is 3.03. The predicted molar refractivity (Wildman–Crippen MR) is 98.2 cm³/mol. The third-order valence-corrected chi connectivity index (χ3v) is 4.39. The average Bonchev–Trinajstić information content (AvgIpc) is 3.15. The van der Waals surface area contributed by atoms with Crippen LogP contribution in [0.2, 0.25) is 0 Å². The largest absolute Gasteiger partial charge is 0.350 e. The minimum Gasteiger partial charge on any atom is -0.350 e. The van der Waals surface area contributed by atoms with Gasteiger partial charge in [0.25, 0.3) is 0 Å². The van der Waals surface area contributed by atoms with Crippen molar-refractivity contribution in [2.24, 2.45) is 11.7 Å².